The summed E-state index contributed by atoms with van der Waals surface area (Å²) in [7, 11) is 0. The molecule has 2 fully saturated rings. The monoisotopic (exact) mass is 257 g/mol. The van der Waals surface area contributed by atoms with Gasteiger partial charge in [0.2, 0.25) is 0 Å². The third-order valence-corrected chi connectivity index (χ3v) is 5.43. The highest BCUT2D eigenvalue weighted by molar-refractivity contribution is 7.99. The van der Waals surface area contributed by atoms with Crippen molar-refractivity contribution in [2.75, 3.05) is 24.7 Å². The van der Waals surface area contributed by atoms with Crippen LogP contribution in [-0.2, 0) is 4.74 Å². The molecule has 2 aliphatic heterocycles. The van der Waals surface area contributed by atoms with Crippen LogP contribution in [-0.4, -0.2) is 36.3 Å². The highest BCUT2D eigenvalue weighted by Crippen LogP contribution is 2.28. The summed E-state index contributed by atoms with van der Waals surface area (Å²) >= 11 is 2.12. The maximum Gasteiger partial charge on any atom is 0.0666 e. The summed E-state index contributed by atoms with van der Waals surface area (Å²) in [6.07, 6.45) is 6.32. The molecule has 100 valence electrons. The number of hydrogen-bond donors (Lipinski definition) is 1. The standard InChI is InChI=1S/C14H27NOS/c1-3-14(2)10-13(4-7-16-14)15-11-12-5-8-17-9-6-12/h12-13,15H,3-11H2,1-2H3. The minimum absolute atomic E-state index is 0.123. The molecule has 0 aromatic carbocycles. The van der Waals surface area contributed by atoms with Gasteiger partial charge in [-0.2, -0.15) is 11.8 Å². The normalized spacial score (nSPS) is 36.0. The van der Waals surface area contributed by atoms with Crippen molar-refractivity contribution in [2.45, 2.75) is 57.6 Å². The van der Waals surface area contributed by atoms with E-state index in [0.29, 0.717) is 6.04 Å². The fourth-order valence-electron chi connectivity index (χ4n) is 2.83. The second-order valence-corrected chi connectivity index (χ2v) is 7.03. The van der Waals surface area contributed by atoms with Crippen molar-refractivity contribution in [1.82, 2.24) is 5.32 Å². The van der Waals surface area contributed by atoms with E-state index in [1.807, 2.05) is 0 Å². The van der Waals surface area contributed by atoms with E-state index < -0.39 is 0 Å². The SMILES string of the molecule is CCC1(C)CC(NCC2CCSCC2)CCO1. The van der Waals surface area contributed by atoms with Crippen LogP contribution in [0.15, 0.2) is 0 Å². The molecule has 2 aliphatic rings. The maximum atomic E-state index is 5.89. The van der Waals surface area contributed by atoms with E-state index >= 15 is 0 Å². The van der Waals surface area contributed by atoms with Gasteiger partial charge in [-0.25, -0.2) is 0 Å². The summed E-state index contributed by atoms with van der Waals surface area (Å²) in [5.74, 6) is 3.66. The molecule has 0 radical (unpaired) electrons. The fourth-order valence-corrected chi connectivity index (χ4v) is 4.04. The third-order valence-electron chi connectivity index (χ3n) is 4.38. The van der Waals surface area contributed by atoms with Crippen LogP contribution in [0.25, 0.3) is 0 Å². The Morgan fingerprint density at radius 3 is 2.76 bits per heavy atom. The van der Waals surface area contributed by atoms with Crippen molar-refractivity contribution in [1.29, 1.82) is 0 Å². The van der Waals surface area contributed by atoms with Gasteiger partial charge in [0.25, 0.3) is 0 Å². The summed E-state index contributed by atoms with van der Waals surface area (Å²) in [6, 6.07) is 0.684. The first-order valence-corrected chi connectivity index (χ1v) is 8.32. The first-order chi connectivity index (χ1) is 8.22. The first-order valence-electron chi connectivity index (χ1n) is 7.17. The van der Waals surface area contributed by atoms with Gasteiger partial charge in [0.05, 0.1) is 5.60 Å². The molecule has 3 heteroatoms. The number of rotatable bonds is 4. The van der Waals surface area contributed by atoms with Crippen molar-refractivity contribution < 1.29 is 4.74 Å². The molecule has 17 heavy (non-hydrogen) atoms. The molecular formula is C14H27NOS. The van der Waals surface area contributed by atoms with Gasteiger partial charge in [-0.05, 0) is 63.0 Å². The molecule has 0 spiro atoms. The Balaban J connectivity index is 1.71. The van der Waals surface area contributed by atoms with Gasteiger partial charge in [-0.15, -0.1) is 0 Å². The van der Waals surface area contributed by atoms with E-state index in [0.717, 1.165) is 18.9 Å². The predicted octanol–water partition coefficient (Wildman–Crippen LogP) is 3.07. The molecule has 0 aromatic rings. The topological polar surface area (TPSA) is 21.3 Å². The largest absolute Gasteiger partial charge is 0.375 e. The Hall–Kier alpha value is 0.270. The molecule has 2 saturated heterocycles. The molecule has 2 heterocycles. The summed E-state index contributed by atoms with van der Waals surface area (Å²) in [4.78, 5) is 0. The van der Waals surface area contributed by atoms with Gasteiger partial charge in [-0.3, -0.25) is 0 Å². The molecule has 2 unspecified atom stereocenters. The van der Waals surface area contributed by atoms with Gasteiger partial charge in [0.15, 0.2) is 0 Å². The van der Waals surface area contributed by atoms with Crippen LogP contribution >= 0.6 is 11.8 Å². The number of hydrogen-bond acceptors (Lipinski definition) is 3. The van der Waals surface area contributed by atoms with Gasteiger partial charge in [0.1, 0.15) is 0 Å². The average molecular weight is 257 g/mol. The quantitative estimate of drug-likeness (QED) is 0.836. The van der Waals surface area contributed by atoms with Crippen LogP contribution in [0.2, 0.25) is 0 Å². The first kappa shape index (κ1) is 13.7. The van der Waals surface area contributed by atoms with E-state index in [9.17, 15) is 0 Å². The van der Waals surface area contributed by atoms with Crippen LogP contribution in [0.1, 0.15) is 46.0 Å². The Kier molecular flexibility index (Phi) is 5.19. The van der Waals surface area contributed by atoms with E-state index in [1.54, 1.807) is 0 Å². The Labute approximate surface area is 110 Å². The fraction of sp³-hybridized carbons (Fsp3) is 1.00. The van der Waals surface area contributed by atoms with Crippen molar-refractivity contribution in [3.63, 3.8) is 0 Å². The molecule has 0 bridgehead atoms. The minimum Gasteiger partial charge on any atom is -0.375 e. The summed E-state index contributed by atoms with van der Waals surface area (Å²) in [5.41, 5.74) is 0.123. The summed E-state index contributed by atoms with van der Waals surface area (Å²) in [6.45, 7) is 6.66. The molecule has 0 aromatic heterocycles. The number of thioether (sulfide) groups is 1. The lowest BCUT2D eigenvalue weighted by Gasteiger charge is -2.38. The van der Waals surface area contributed by atoms with E-state index in [4.69, 9.17) is 4.74 Å². The lowest BCUT2D eigenvalue weighted by molar-refractivity contribution is -0.0782. The zero-order valence-corrected chi connectivity index (χ0v) is 12.2. The van der Waals surface area contributed by atoms with Crippen LogP contribution in [0.4, 0.5) is 0 Å². The van der Waals surface area contributed by atoms with Crippen LogP contribution in [0, 0.1) is 5.92 Å². The van der Waals surface area contributed by atoms with Crippen LogP contribution in [0.3, 0.4) is 0 Å². The van der Waals surface area contributed by atoms with Crippen molar-refractivity contribution in [2.24, 2.45) is 5.92 Å². The molecular weight excluding hydrogens is 230 g/mol. The lowest BCUT2D eigenvalue weighted by Crippen LogP contribution is -2.46. The van der Waals surface area contributed by atoms with E-state index in [-0.39, 0.29) is 5.60 Å². The van der Waals surface area contributed by atoms with Gasteiger partial charge >= 0.3 is 0 Å². The highest BCUT2D eigenvalue weighted by Gasteiger charge is 2.31. The molecule has 0 amide bonds. The average Bonchev–Trinajstić information content (AvgIpc) is 2.38. The van der Waals surface area contributed by atoms with E-state index in [1.165, 1.54) is 43.7 Å². The van der Waals surface area contributed by atoms with Crippen molar-refractivity contribution in [3.8, 4) is 0 Å². The van der Waals surface area contributed by atoms with Gasteiger partial charge < -0.3 is 10.1 Å². The van der Waals surface area contributed by atoms with Gasteiger partial charge in [-0.1, -0.05) is 6.92 Å². The maximum absolute atomic E-state index is 5.89. The molecule has 1 N–H and O–H groups in total. The molecule has 2 atom stereocenters. The summed E-state index contributed by atoms with van der Waals surface area (Å²) in [5, 5.41) is 3.79. The predicted molar refractivity (Wildman–Crippen MR) is 75.7 cm³/mol. The molecule has 2 nitrogen and oxygen atoms in total. The van der Waals surface area contributed by atoms with Crippen LogP contribution in [0.5, 0.6) is 0 Å². The Morgan fingerprint density at radius 2 is 2.06 bits per heavy atom. The van der Waals surface area contributed by atoms with Crippen molar-refractivity contribution >= 4 is 11.8 Å². The number of ether oxygens (including phenoxy) is 1. The highest BCUT2D eigenvalue weighted by atomic mass is 32.2. The van der Waals surface area contributed by atoms with Gasteiger partial charge in [0, 0.05) is 12.6 Å². The van der Waals surface area contributed by atoms with Crippen LogP contribution < -0.4 is 5.32 Å². The Morgan fingerprint density at radius 1 is 1.29 bits per heavy atom. The van der Waals surface area contributed by atoms with E-state index in [2.05, 4.69) is 30.9 Å². The smallest absolute Gasteiger partial charge is 0.0666 e. The third kappa shape index (κ3) is 4.15. The summed E-state index contributed by atoms with van der Waals surface area (Å²) < 4.78 is 5.89. The second-order valence-electron chi connectivity index (χ2n) is 5.81. The van der Waals surface area contributed by atoms with Crippen molar-refractivity contribution in [3.05, 3.63) is 0 Å². The Bertz CT molecular complexity index is 230. The number of nitrogens with one attached hydrogen (secondary N) is 1. The molecule has 0 aliphatic carbocycles. The zero-order valence-electron chi connectivity index (χ0n) is 11.3. The second kappa shape index (κ2) is 6.44. The minimum atomic E-state index is 0.123. The molecule has 2 rings (SSSR count). The molecule has 0 saturated carbocycles. The lowest BCUT2D eigenvalue weighted by atomic mass is 9.89. The zero-order chi connectivity index (χ0) is 12.1.